The summed E-state index contributed by atoms with van der Waals surface area (Å²) in [5, 5.41) is 21.8. The largest absolute Gasteiger partial charge is 0.478 e. The van der Waals surface area contributed by atoms with E-state index in [1.807, 2.05) is 24.3 Å². The van der Waals surface area contributed by atoms with Crippen LogP contribution in [-0.4, -0.2) is 48.9 Å². The van der Waals surface area contributed by atoms with Crippen LogP contribution in [0.5, 0.6) is 0 Å². The molecule has 0 spiro atoms. The van der Waals surface area contributed by atoms with Crippen molar-refractivity contribution >= 4 is 52.2 Å². The summed E-state index contributed by atoms with van der Waals surface area (Å²) in [5.74, 6) is -2.64. The van der Waals surface area contributed by atoms with Crippen molar-refractivity contribution in [1.82, 2.24) is 20.3 Å². The minimum absolute atomic E-state index is 0.0158. The minimum Gasteiger partial charge on any atom is -0.478 e. The number of carbonyl (C=O) groups excluding carboxylic acids is 2. The maximum atomic E-state index is 12.5. The Morgan fingerprint density at radius 3 is 2.39 bits per heavy atom. The van der Waals surface area contributed by atoms with E-state index in [9.17, 15) is 19.5 Å². The van der Waals surface area contributed by atoms with Crippen molar-refractivity contribution in [3.05, 3.63) is 59.7 Å². The molecule has 0 aliphatic heterocycles. The number of aromatic carboxylic acids is 1. The lowest BCUT2D eigenvalue weighted by atomic mass is 10.1. The third-order valence-corrected chi connectivity index (χ3v) is 4.96. The molecule has 11 nitrogen and oxygen atoms in total. The number of rotatable bonds is 7. The van der Waals surface area contributed by atoms with Gasteiger partial charge in [-0.2, -0.15) is 0 Å². The van der Waals surface area contributed by atoms with Gasteiger partial charge in [0.15, 0.2) is 5.16 Å². The zero-order valence-electron chi connectivity index (χ0n) is 15.7. The lowest BCUT2D eigenvalue weighted by Gasteiger charge is -2.06. The van der Waals surface area contributed by atoms with Crippen molar-refractivity contribution in [2.75, 3.05) is 16.4 Å². The van der Waals surface area contributed by atoms with E-state index in [0.29, 0.717) is 5.16 Å². The smallest absolute Gasteiger partial charge is 0.336 e. The predicted octanol–water partition coefficient (Wildman–Crippen LogP) is 2.63. The van der Waals surface area contributed by atoms with Crippen LogP contribution in [0.4, 0.5) is 11.6 Å². The molecule has 0 saturated heterocycles. The summed E-state index contributed by atoms with van der Waals surface area (Å²) in [6.45, 7) is 0. The lowest BCUT2D eigenvalue weighted by Crippen LogP contribution is -2.19. The van der Waals surface area contributed by atoms with Gasteiger partial charge in [-0.05, 0) is 34.6 Å². The summed E-state index contributed by atoms with van der Waals surface area (Å²) in [6, 6.07) is 13.2. The molecule has 4 aromatic rings. The molecule has 2 heterocycles. The number of carboxylic acid groups (broad SMARTS) is 1. The van der Waals surface area contributed by atoms with Crippen LogP contribution in [0.3, 0.4) is 0 Å². The molecule has 4 rings (SSSR count). The van der Waals surface area contributed by atoms with Crippen LogP contribution in [0.25, 0.3) is 11.0 Å². The van der Waals surface area contributed by atoms with Crippen molar-refractivity contribution in [3.8, 4) is 0 Å². The molecule has 156 valence electrons. The number of hydrogen-bond donors (Lipinski definition) is 4. The van der Waals surface area contributed by atoms with Crippen LogP contribution in [0.1, 0.15) is 20.7 Å². The Kier molecular flexibility index (Phi) is 5.62. The Morgan fingerprint density at radius 2 is 1.65 bits per heavy atom. The lowest BCUT2D eigenvalue weighted by molar-refractivity contribution is -0.113. The first kappa shape index (κ1) is 20.1. The van der Waals surface area contributed by atoms with E-state index in [0.717, 1.165) is 11.0 Å². The molecule has 12 heteroatoms. The number of carboxylic acids is 1. The van der Waals surface area contributed by atoms with Gasteiger partial charge in [0.05, 0.1) is 27.9 Å². The van der Waals surface area contributed by atoms with Gasteiger partial charge >= 0.3 is 5.97 Å². The van der Waals surface area contributed by atoms with Gasteiger partial charge in [0.1, 0.15) is 0 Å². The van der Waals surface area contributed by atoms with Crippen LogP contribution in [0.2, 0.25) is 0 Å². The van der Waals surface area contributed by atoms with Crippen LogP contribution < -0.4 is 10.6 Å². The molecule has 2 amide bonds. The fourth-order valence-electron chi connectivity index (χ4n) is 2.69. The highest BCUT2D eigenvalue weighted by atomic mass is 32.2. The molecule has 31 heavy (non-hydrogen) atoms. The minimum atomic E-state index is -1.25. The number of thioether (sulfide) groups is 1. The number of aromatic amines is 1. The number of fused-ring (bicyclic) bond motifs is 1. The van der Waals surface area contributed by atoms with Crippen LogP contribution in [-0.2, 0) is 4.79 Å². The fourth-order valence-corrected chi connectivity index (χ4v) is 3.38. The molecule has 0 bridgehead atoms. The number of aromatic nitrogens is 4. The summed E-state index contributed by atoms with van der Waals surface area (Å²) < 4.78 is 4.59. The Balaban J connectivity index is 1.39. The first-order valence-corrected chi connectivity index (χ1v) is 9.83. The van der Waals surface area contributed by atoms with Crippen LogP contribution >= 0.6 is 11.8 Å². The molecule has 0 unspecified atom stereocenters. The predicted molar refractivity (Wildman–Crippen MR) is 111 cm³/mol. The number of para-hydroxylation sites is 2. The molecule has 0 fully saturated rings. The molecular formula is C19H14N6O5S. The standard InChI is InChI=1S/C19H14N6O5S/c26-14(9-31-19-20-12-7-3-4-8-13(12)21-19)22-15-16(25-30-24-15)23-17(27)10-5-1-2-6-11(10)18(28)29/h1-8H,9H2,(H,20,21)(H,28,29)(H,22,24,26)(H,23,25,27). The van der Waals surface area contributed by atoms with E-state index in [-0.39, 0.29) is 28.5 Å². The van der Waals surface area contributed by atoms with Gasteiger partial charge in [-0.25, -0.2) is 14.4 Å². The Morgan fingerprint density at radius 1 is 0.968 bits per heavy atom. The number of nitrogens with zero attached hydrogens (tertiary/aromatic N) is 3. The van der Waals surface area contributed by atoms with E-state index >= 15 is 0 Å². The average molecular weight is 438 g/mol. The number of hydrogen-bond acceptors (Lipinski definition) is 8. The van der Waals surface area contributed by atoms with Gasteiger partial charge < -0.3 is 20.7 Å². The van der Waals surface area contributed by atoms with Crippen molar-refractivity contribution in [2.45, 2.75) is 5.16 Å². The SMILES string of the molecule is O=C(CSc1nc2ccccc2[nH]1)Nc1nonc1NC(=O)c1ccccc1C(=O)O. The Labute approximate surface area is 178 Å². The van der Waals surface area contributed by atoms with Crippen LogP contribution in [0.15, 0.2) is 58.3 Å². The molecular weight excluding hydrogens is 424 g/mol. The summed E-state index contributed by atoms with van der Waals surface area (Å²) in [4.78, 5) is 43.5. The number of benzene rings is 2. The topological polar surface area (TPSA) is 163 Å². The van der Waals surface area contributed by atoms with Gasteiger partial charge in [-0.3, -0.25) is 9.59 Å². The number of anilines is 2. The molecule has 0 aliphatic carbocycles. The quantitative estimate of drug-likeness (QED) is 0.318. The second-order valence-electron chi connectivity index (χ2n) is 6.16. The molecule has 2 aromatic heterocycles. The van der Waals surface area contributed by atoms with Crippen molar-refractivity contribution in [2.24, 2.45) is 0 Å². The molecule has 0 atom stereocenters. The number of carbonyl (C=O) groups is 3. The maximum Gasteiger partial charge on any atom is 0.336 e. The van der Waals surface area contributed by atoms with E-state index in [4.69, 9.17) is 0 Å². The number of amides is 2. The van der Waals surface area contributed by atoms with Gasteiger partial charge in [-0.1, -0.05) is 36.0 Å². The second-order valence-corrected chi connectivity index (χ2v) is 7.13. The van der Waals surface area contributed by atoms with Crippen molar-refractivity contribution in [1.29, 1.82) is 0 Å². The second kappa shape index (κ2) is 8.67. The van der Waals surface area contributed by atoms with E-state index in [1.54, 1.807) is 0 Å². The summed E-state index contributed by atoms with van der Waals surface area (Å²) >= 11 is 1.19. The molecule has 0 saturated carbocycles. The monoisotopic (exact) mass is 438 g/mol. The zero-order valence-corrected chi connectivity index (χ0v) is 16.5. The summed E-state index contributed by atoms with van der Waals surface area (Å²) in [6.07, 6.45) is 0. The zero-order chi connectivity index (χ0) is 21.8. The van der Waals surface area contributed by atoms with Gasteiger partial charge in [0, 0.05) is 0 Å². The Bertz CT molecular complexity index is 1250. The van der Waals surface area contributed by atoms with E-state index in [1.165, 1.54) is 36.0 Å². The Hall–Kier alpha value is -4.19. The first-order chi connectivity index (χ1) is 15.0. The maximum absolute atomic E-state index is 12.5. The third-order valence-electron chi connectivity index (χ3n) is 4.09. The highest BCUT2D eigenvalue weighted by molar-refractivity contribution is 7.99. The van der Waals surface area contributed by atoms with E-state index in [2.05, 4.69) is 35.5 Å². The first-order valence-electron chi connectivity index (χ1n) is 8.85. The van der Waals surface area contributed by atoms with Crippen molar-refractivity contribution in [3.63, 3.8) is 0 Å². The summed E-state index contributed by atoms with van der Waals surface area (Å²) in [7, 11) is 0. The van der Waals surface area contributed by atoms with Crippen molar-refractivity contribution < 1.29 is 24.1 Å². The van der Waals surface area contributed by atoms with Crippen LogP contribution in [0, 0.1) is 0 Å². The van der Waals surface area contributed by atoms with Gasteiger partial charge in [0.2, 0.25) is 17.5 Å². The fraction of sp³-hybridized carbons (Fsp3) is 0.0526. The van der Waals surface area contributed by atoms with E-state index < -0.39 is 17.8 Å². The third kappa shape index (κ3) is 4.53. The average Bonchev–Trinajstić information content (AvgIpc) is 3.38. The highest BCUT2D eigenvalue weighted by Gasteiger charge is 2.20. The molecule has 0 aliphatic rings. The van der Waals surface area contributed by atoms with Gasteiger partial charge in [-0.15, -0.1) is 0 Å². The van der Waals surface area contributed by atoms with Gasteiger partial charge in [0.25, 0.3) is 5.91 Å². The normalized spacial score (nSPS) is 10.7. The highest BCUT2D eigenvalue weighted by Crippen LogP contribution is 2.21. The molecule has 0 radical (unpaired) electrons. The molecule has 2 aromatic carbocycles. The summed E-state index contributed by atoms with van der Waals surface area (Å²) in [5.41, 5.74) is 1.40. The number of H-pyrrole nitrogens is 1. The number of nitrogens with one attached hydrogen (secondary N) is 3. The number of imidazole rings is 1. The molecule has 4 N–H and O–H groups in total.